The van der Waals surface area contributed by atoms with E-state index in [1.54, 1.807) is 18.2 Å². The third-order valence-electron chi connectivity index (χ3n) is 6.95. The van der Waals surface area contributed by atoms with E-state index in [0.717, 1.165) is 32.1 Å². The van der Waals surface area contributed by atoms with E-state index < -0.39 is 5.51 Å². The number of rotatable bonds is 20. The molecule has 0 saturated carbocycles. The van der Waals surface area contributed by atoms with Crippen molar-refractivity contribution in [1.82, 2.24) is 4.98 Å². The molecule has 0 aliphatic rings. The average Bonchev–Trinajstić information content (AvgIpc) is 3.00. The van der Waals surface area contributed by atoms with Crippen molar-refractivity contribution >= 4 is 36.2 Å². The van der Waals surface area contributed by atoms with Gasteiger partial charge in [0.05, 0.1) is 20.3 Å². The summed E-state index contributed by atoms with van der Waals surface area (Å²) in [4.78, 5) is 26.2. The summed E-state index contributed by atoms with van der Waals surface area (Å²) >= 11 is -0.205. The minimum absolute atomic E-state index is 0.0446. The number of nitrogens with zero attached hydrogens (tertiary/aromatic N) is 1. The molecule has 0 aliphatic heterocycles. The van der Waals surface area contributed by atoms with Gasteiger partial charge in [0.25, 0.3) is 6.47 Å². The molecule has 2 rings (SSSR count). The number of alkyl halides is 3. The maximum atomic E-state index is 12.6. The molecule has 1 aromatic carbocycles. The van der Waals surface area contributed by atoms with Crippen molar-refractivity contribution in [2.75, 3.05) is 20.3 Å². The van der Waals surface area contributed by atoms with Gasteiger partial charge in [-0.15, -0.1) is 0 Å². The van der Waals surface area contributed by atoms with Crippen LogP contribution in [0.3, 0.4) is 0 Å². The summed E-state index contributed by atoms with van der Waals surface area (Å²) in [5.41, 5.74) is -2.50. The number of carbonyl (C=O) groups excluding carboxylic acids is 2. The SMILES string of the molecule is CCC(C)(C)C.COc1nc(OCCCCCCCCCCCCOC=O)ccc1/C=C(\C=O)c1ccc(SC(F)(F)F)cc1. The molecular formula is C35H50F3NO5S. The number of hydrogen-bond donors (Lipinski definition) is 0. The zero-order valence-corrected chi connectivity index (χ0v) is 28.2. The van der Waals surface area contributed by atoms with Crippen LogP contribution in [-0.2, 0) is 14.3 Å². The lowest BCUT2D eigenvalue weighted by Crippen LogP contribution is -2.01. The second kappa shape index (κ2) is 22.5. The summed E-state index contributed by atoms with van der Waals surface area (Å²) in [5, 5.41) is 0. The van der Waals surface area contributed by atoms with Crippen molar-refractivity contribution in [3.8, 4) is 11.8 Å². The molecule has 45 heavy (non-hydrogen) atoms. The first-order valence-corrected chi connectivity index (χ1v) is 16.5. The van der Waals surface area contributed by atoms with Gasteiger partial charge in [0, 0.05) is 22.1 Å². The zero-order valence-electron chi connectivity index (χ0n) is 27.4. The van der Waals surface area contributed by atoms with Crippen LogP contribution in [0.4, 0.5) is 13.2 Å². The van der Waals surface area contributed by atoms with Gasteiger partial charge in [-0.05, 0) is 59.9 Å². The van der Waals surface area contributed by atoms with Gasteiger partial charge in [-0.3, -0.25) is 9.59 Å². The molecule has 1 heterocycles. The molecule has 10 heteroatoms. The fraction of sp³-hybridized carbons (Fsp3) is 0.571. The highest BCUT2D eigenvalue weighted by molar-refractivity contribution is 8.00. The Balaban J connectivity index is 0.00000153. The van der Waals surface area contributed by atoms with Crippen LogP contribution >= 0.6 is 11.8 Å². The third-order valence-corrected chi connectivity index (χ3v) is 7.69. The van der Waals surface area contributed by atoms with Crippen LogP contribution in [0.1, 0.15) is 109 Å². The van der Waals surface area contributed by atoms with Crippen molar-refractivity contribution in [2.45, 2.75) is 109 Å². The monoisotopic (exact) mass is 653 g/mol. The number of allylic oxidation sites excluding steroid dienone is 1. The van der Waals surface area contributed by atoms with Gasteiger partial charge in [-0.2, -0.15) is 18.2 Å². The van der Waals surface area contributed by atoms with Gasteiger partial charge in [0.15, 0.2) is 6.29 Å². The van der Waals surface area contributed by atoms with E-state index in [4.69, 9.17) is 9.47 Å². The van der Waals surface area contributed by atoms with E-state index in [2.05, 4.69) is 37.4 Å². The first kappa shape index (κ1) is 40.0. The number of carbonyl (C=O) groups is 2. The van der Waals surface area contributed by atoms with Crippen LogP contribution in [0.25, 0.3) is 11.6 Å². The Hall–Kier alpha value is -3.01. The van der Waals surface area contributed by atoms with Gasteiger partial charge < -0.3 is 14.2 Å². The van der Waals surface area contributed by atoms with E-state index in [1.165, 1.54) is 69.9 Å². The van der Waals surface area contributed by atoms with E-state index in [0.29, 0.717) is 48.4 Å². The molecule has 6 nitrogen and oxygen atoms in total. The Labute approximate surface area is 271 Å². The van der Waals surface area contributed by atoms with Crippen molar-refractivity contribution in [3.63, 3.8) is 0 Å². The number of unbranched alkanes of at least 4 members (excludes halogenated alkanes) is 9. The number of hydrogen-bond acceptors (Lipinski definition) is 7. The molecule has 0 radical (unpaired) electrons. The first-order valence-electron chi connectivity index (χ1n) is 15.7. The maximum absolute atomic E-state index is 12.6. The second-order valence-corrected chi connectivity index (χ2v) is 12.9. The molecule has 1 aromatic heterocycles. The molecule has 0 saturated heterocycles. The maximum Gasteiger partial charge on any atom is 0.446 e. The molecule has 0 bridgehead atoms. The Kier molecular flexibility index (Phi) is 20.0. The molecule has 0 spiro atoms. The van der Waals surface area contributed by atoms with Crippen LogP contribution in [0, 0.1) is 5.41 Å². The predicted molar refractivity (Wildman–Crippen MR) is 177 cm³/mol. The van der Waals surface area contributed by atoms with E-state index in [-0.39, 0.29) is 28.1 Å². The lowest BCUT2D eigenvalue weighted by Gasteiger charge is -2.12. The summed E-state index contributed by atoms with van der Waals surface area (Å²) in [6, 6.07) is 9.03. The van der Waals surface area contributed by atoms with Gasteiger partial charge in [-0.1, -0.05) is 97.6 Å². The van der Waals surface area contributed by atoms with Gasteiger partial charge >= 0.3 is 5.51 Å². The molecule has 0 amide bonds. The highest BCUT2D eigenvalue weighted by atomic mass is 32.2. The average molecular weight is 654 g/mol. The largest absolute Gasteiger partial charge is 0.480 e. The fourth-order valence-electron chi connectivity index (χ4n) is 3.92. The van der Waals surface area contributed by atoms with Crippen LogP contribution < -0.4 is 9.47 Å². The number of benzene rings is 1. The summed E-state index contributed by atoms with van der Waals surface area (Å²) in [5.74, 6) is 0.705. The summed E-state index contributed by atoms with van der Waals surface area (Å²) in [6.45, 7) is 10.5. The second-order valence-electron chi connectivity index (χ2n) is 11.8. The van der Waals surface area contributed by atoms with E-state index >= 15 is 0 Å². The van der Waals surface area contributed by atoms with Crippen LogP contribution in [0.15, 0.2) is 41.3 Å². The van der Waals surface area contributed by atoms with Crippen LogP contribution in [0.5, 0.6) is 11.8 Å². The quantitative estimate of drug-likeness (QED) is 0.0609. The van der Waals surface area contributed by atoms with Gasteiger partial charge in [-0.25, -0.2) is 0 Å². The number of pyridine rings is 1. The molecular weight excluding hydrogens is 603 g/mol. The molecule has 0 unspecified atom stereocenters. The zero-order chi connectivity index (χ0) is 33.6. The number of aldehydes is 1. The third kappa shape index (κ3) is 19.9. The number of aromatic nitrogens is 1. The molecule has 2 aromatic rings. The number of halogens is 3. The lowest BCUT2D eigenvalue weighted by molar-refractivity contribution is -0.128. The van der Waals surface area contributed by atoms with Gasteiger partial charge in [0.2, 0.25) is 11.8 Å². The Morgan fingerprint density at radius 3 is 1.82 bits per heavy atom. The van der Waals surface area contributed by atoms with Crippen molar-refractivity contribution in [2.24, 2.45) is 5.41 Å². The standard InChI is InChI=1S/C29H36F3NO5S.C6H14/c1-36-28-24(20-25(21-34)23-12-15-26(16-13-23)39-29(30,31)32)14-17-27(33-28)38-19-11-9-7-5-3-2-4-6-8-10-18-37-22-35;1-5-6(2,3)4/h12-17,20-22H,2-11,18-19H2,1H3;5H2,1-4H3/b25-20+;. The Bertz CT molecular complexity index is 1130. The number of ether oxygens (including phenoxy) is 3. The normalized spacial score (nSPS) is 11.8. The van der Waals surface area contributed by atoms with Crippen LogP contribution in [0.2, 0.25) is 0 Å². The topological polar surface area (TPSA) is 74.7 Å². The molecule has 0 N–H and O–H groups in total. The molecule has 0 aliphatic carbocycles. The Morgan fingerprint density at radius 1 is 0.822 bits per heavy atom. The number of methoxy groups -OCH3 is 1. The summed E-state index contributed by atoms with van der Waals surface area (Å²) in [6.07, 6.45) is 14.7. The van der Waals surface area contributed by atoms with Crippen molar-refractivity contribution < 1.29 is 37.0 Å². The highest BCUT2D eigenvalue weighted by Crippen LogP contribution is 2.37. The van der Waals surface area contributed by atoms with E-state index in [9.17, 15) is 22.8 Å². The highest BCUT2D eigenvalue weighted by Gasteiger charge is 2.29. The molecule has 0 fully saturated rings. The molecule has 0 atom stereocenters. The smallest absolute Gasteiger partial charge is 0.446 e. The molecule has 252 valence electrons. The number of thioether (sulfide) groups is 1. The van der Waals surface area contributed by atoms with E-state index in [1.807, 2.05) is 0 Å². The minimum atomic E-state index is -4.37. The minimum Gasteiger partial charge on any atom is -0.480 e. The summed E-state index contributed by atoms with van der Waals surface area (Å²) < 4.78 is 53.5. The summed E-state index contributed by atoms with van der Waals surface area (Å²) in [7, 11) is 1.47. The van der Waals surface area contributed by atoms with Crippen LogP contribution in [-0.4, -0.2) is 43.6 Å². The van der Waals surface area contributed by atoms with Gasteiger partial charge in [0.1, 0.15) is 0 Å². The fourth-order valence-corrected chi connectivity index (χ4v) is 4.46. The Morgan fingerprint density at radius 2 is 1.36 bits per heavy atom. The van der Waals surface area contributed by atoms with Crippen molar-refractivity contribution in [3.05, 3.63) is 47.5 Å². The lowest BCUT2D eigenvalue weighted by atomic mass is 9.94. The first-order chi connectivity index (χ1) is 21.4. The predicted octanol–water partition coefficient (Wildman–Crippen LogP) is 10.3. The van der Waals surface area contributed by atoms with Crippen molar-refractivity contribution in [1.29, 1.82) is 0 Å².